The van der Waals surface area contributed by atoms with Crippen molar-refractivity contribution in [2.24, 2.45) is 0 Å². The van der Waals surface area contributed by atoms with E-state index in [-0.39, 0.29) is 18.2 Å². The highest BCUT2D eigenvalue weighted by Crippen LogP contribution is 2.31. The molecule has 0 fully saturated rings. The molecule has 5 nitrogen and oxygen atoms in total. The van der Waals surface area contributed by atoms with Gasteiger partial charge < -0.3 is 14.4 Å². The number of ketones is 2. The summed E-state index contributed by atoms with van der Waals surface area (Å²) in [5.41, 5.74) is 3.65. The fraction of sp³-hybridized carbons (Fsp3) is 0.103. The molecule has 1 aliphatic rings. The van der Waals surface area contributed by atoms with Crippen molar-refractivity contribution in [3.63, 3.8) is 0 Å². The molecular formula is C29H21NO4. The summed E-state index contributed by atoms with van der Waals surface area (Å²) in [6.45, 7) is 0.419. The van der Waals surface area contributed by atoms with E-state index in [1.54, 1.807) is 42.5 Å². The van der Waals surface area contributed by atoms with Gasteiger partial charge in [0.05, 0.1) is 6.54 Å². The van der Waals surface area contributed by atoms with Crippen LogP contribution in [0.4, 0.5) is 0 Å². The fourth-order valence-corrected chi connectivity index (χ4v) is 4.82. The van der Waals surface area contributed by atoms with Gasteiger partial charge in [0.25, 0.3) is 0 Å². The normalized spacial score (nSPS) is 13.7. The molecule has 5 aromatic rings. The van der Waals surface area contributed by atoms with Crippen LogP contribution in [0.5, 0.6) is 5.75 Å². The van der Waals surface area contributed by atoms with Crippen LogP contribution in [-0.4, -0.2) is 34.0 Å². The zero-order chi connectivity index (χ0) is 23.2. The van der Waals surface area contributed by atoms with E-state index in [0.29, 0.717) is 34.5 Å². The monoisotopic (exact) mass is 447 g/mol. The molecule has 0 bridgehead atoms. The van der Waals surface area contributed by atoms with E-state index in [0.717, 1.165) is 21.8 Å². The van der Waals surface area contributed by atoms with Crippen LogP contribution >= 0.6 is 0 Å². The van der Waals surface area contributed by atoms with Gasteiger partial charge in [-0.2, -0.15) is 0 Å². The molecule has 166 valence electrons. The largest absolute Gasteiger partial charge is 0.491 e. The van der Waals surface area contributed by atoms with Crippen LogP contribution in [0.25, 0.3) is 21.8 Å². The van der Waals surface area contributed by atoms with Gasteiger partial charge in [-0.25, -0.2) is 0 Å². The Kier molecular flexibility index (Phi) is 4.78. The first-order valence-corrected chi connectivity index (χ1v) is 11.2. The Morgan fingerprint density at radius 1 is 0.676 bits per heavy atom. The van der Waals surface area contributed by atoms with Gasteiger partial charge in [0.15, 0.2) is 11.6 Å². The number of aromatic nitrogens is 1. The molecule has 0 saturated heterocycles. The average Bonchev–Trinajstić information content (AvgIpc) is 3.19. The maximum atomic E-state index is 12.9. The van der Waals surface area contributed by atoms with E-state index in [1.807, 2.05) is 36.4 Å². The first kappa shape index (κ1) is 20.4. The quantitative estimate of drug-likeness (QED) is 0.403. The number of carbonyl (C=O) groups excluding carboxylic acids is 2. The minimum absolute atomic E-state index is 0.0539. The van der Waals surface area contributed by atoms with Crippen molar-refractivity contribution in [3.05, 3.63) is 113 Å². The Morgan fingerprint density at radius 2 is 1.21 bits per heavy atom. The summed E-state index contributed by atoms with van der Waals surface area (Å²) in [4.78, 5) is 25.7. The average molecular weight is 447 g/mol. The highest BCUT2D eigenvalue weighted by molar-refractivity contribution is 6.28. The smallest absolute Gasteiger partial charge is 0.194 e. The van der Waals surface area contributed by atoms with Gasteiger partial charge in [-0.15, -0.1) is 0 Å². The molecule has 5 heteroatoms. The molecule has 0 radical (unpaired) electrons. The Morgan fingerprint density at radius 3 is 1.85 bits per heavy atom. The molecule has 34 heavy (non-hydrogen) atoms. The van der Waals surface area contributed by atoms with Crippen LogP contribution in [0.1, 0.15) is 31.8 Å². The summed E-state index contributed by atoms with van der Waals surface area (Å²) in [6.07, 6.45) is -0.770. The van der Waals surface area contributed by atoms with E-state index in [1.165, 1.54) is 0 Å². The molecule has 1 aromatic heterocycles. The molecule has 1 aliphatic carbocycles. The molecule has 4 aromatic carbocycles. The molecular weight excluding hydrogens is 426 g/mol. The highest BCUT2D eigenvalue weighted by Gasteiger charge is 2.29. The van der Waals surface area contributed by atoms with Crippen LogP contribution in [0, 0.1) is 0 Å². The van der Waals surface area contributed by atoms with Crippen molar-refractivity contribution < 1.29 is 19.4 Å². The molecule has 1 atom stereocenters. The summed E-state index contributed by atoms with van der Waals surface area (Å²) >= 11 is 0. The van der Waals surface area contributed by atoms with Gasteiger partial charge in [-0.1, -0.05) is 60.7 Å². The van der Waals surface area contributed by atoms with Crippen LogP contribution in [0.2, 0.25) is 0 Å². The van der Waals surface area contributed by atoms with Crippen molar-refractivity contribution in [1.82, 2.24) is 4.57 Å². The Bertz CT molecular complexity index is 1540. The summed E-state index contributed by atoms with van der Waals surface area (Å²) in [5.74, 6) is 0.0881. The summed E-state index contributed by atoms with van der Waals surface area (Å²) in [7, 11) is 0. The van der Waals surface area contributed by atoms with E-state index < -0.39 is 6.10 Å². The third-order valence-corrected chi connectivity index (χ3v) is 6.41. The minimum atomic E-state index is -0.770. The Labute approximate surface area is 195 Å². The molecule has 0 amide bonds. The van der Waals surface area contributed by atoms with E-state index >= 15 is 0 Å². The highest BCUT2D eigenvalue weighted by atomic mass is 16.5. The molecule has 0 aliphatic heterocycles. The topological polar surface area (TPSA) is 68.5 Å². The SMILES string of the molecule is O=C1c2ccccc2C(=O)c2cc(OC[C@H](O)Cn3c4ccccc4c4ccccc43)ccc21. The number of aliphatic hydroxyl groups excluding tert-OH is 1. The van der Waals surface area contributed by atoms with Gasteiger partial charge in [0.2, 0.25) is 0 Å². The van der Waals surface area contributed by atoms with Gasteiger partial charge in [-0.05, 0) is 30.3 Å². The summed E-state index contributed by atoms with van der Waals surface area (Å²) in [5, 5.41) is 13.1. The molecule has 0 spiro atoms. The van der Waals surface area contributed by atoms with Crippen LogP contribution in [0.3, 0.4) is 0 Å². The maximum absolute atomic E-state index is 12.9. The molecule has 1 heterocycles. The van der Waals surface area contributed by atoms with Crippen molar-refractivity contribution in [3.8, 4) is 5.75 Å². The van der Waals surface area contributed by atoms with Crippen molar-refractivity contribution >= 4 is 33.4 Å². The third-order valence-electron chi connectivity index (χ3n) is 6.41. The number of benzene rings is 4. The second-order valence-corrected chi connectivity index (χ2v) is 8.52. The molecule has 0 unspecified atom stereocenters. The number of hydrogen-bond donors (Lipinski definition) is 1. The molecule has 0 saturated carbocycles. The molecule has 1 N–H and O–H groups in total. The van der Waals surface area contributed by atoms with Crippen LogP contribution in [0.15, 0.2) is 91.0 Å². The maximum Gasteiger partial charge on any atom is 0.194 e. The lowest BCUT2D eigenvalue weighted by molar-refractivity contribution is 0.0938. The first-order chi connectivity index (χ1) is 16.6. The lowest BCUT2D eigenvalue weighted by Gasteiger charge is -2.19. The van der Waals surface area contributed by atoms with Gasteiger partial charge in [0.1, 0.15) is 18.5 Å². The number of para-hydroxylation sites is 2. The predicted molar refractivity (Wildman–Crippen MR) is 131 cm³/mol. The first-order valence-electron chi connectivity index (χ1n) is 11.2. The Hall–Kier alpha value is -4.22. The second kappa shape index (κ2) is 7.97. The number of aliphatic hydroxyl groups is 1. The van der Waals surface area contributed by atoms with Crippen molar-refractivity contribution in [2.75, 3.05) is 6.61 Å². The minimum Gasteiger partial charge on any atom is -0.491 e. The van der Waals surface area contributed by atoms with E-state index in [4.69, 9.17) is 4.74 Å². The van der Waals surface area contributed by atoms with E-state index in [9.17, 15) is 14.7 Å². The van der Waals surface area contributed by atoms with E-state index in [2.05, 4.69) is 16.7 Å². The third kappa shape index (κ3) is 3.21. The predicted octanol–water partition coefficient (Wildman–Crippen LogP) is 5.01. The van der Waals surface area contributed by atoms with Crippen molar-refractivity contribution in [1.29, 1.82) is 0 Å². The van der Waals surface area contributed by atoms with Crippen molar-refractivity contribution in [2.45, 2.75) is 12.6 Å². The summed E-state index contributed by atoms with van der Waals surface area (Å²) < 4.78 is 7.95. The van der Waals surface area contributed by atoms with Gasteiger partial charge in [0, 0.05) is 44.1 Å². The number of rotatable bonds is 5. The summed E-state index contributed by atoms with van der Waals surface area (Å²) in [6, 6.07) is 28.0. The van der Waals surface area contributed by atoms with Gasteiger partial charge in [-0.3, -0.25) is 9.59 Å². The number of hydrogen-bond acceptors (Lipinski definition) is 4. The zero-order valence-electron chi connectivity index (χ0n) is 18.3. The number of ether oxygens (including phenoxy) is 1. The standard InChI is InChI=1S/C29H21NO4/c31-18(16-30-26-11-5-3-7-20(26)21-8-4-6-12-27(21)30)17-34-19-13-14-24-25(15-19)29(33)23-10-2-1-9-22(23)28(24)32/h1-15,18,31H,16-17H2/t18-/m1/s1. The zero-order valence-corrected chi connectivity index (χ0v) is 18.3. The molecule has 6 rings (SSSR count). The number of carbonyl (C=O) groups is 2. The van der Waals surface area contributed by atoms with Gasteiger partial charge >= 0.3 is 0 Å². The lowest BCUT2D eigenvalue weighted by atomic mass is 9.84. The van der Waals surface area contributed by atoms with Crippen LogP contribution in [-0.2, 0) is 6.54 Å². The Balaban J connectivity index is 1.23. The number of nitrogens with zero attached hydrogens (tertiary/aromatic N) is 1. The second-order valence-electron chi connectivity index (χ2n) is 8.52. The number of fused-ring (bicyclic) bond motifs is 5. The van der Waals surface area contributed by atoms with Crippen LogP contribution < -0.4 is 4.74 Å². The fourth-order valence-electron chi connectivity index (χ4n) is 4.82. The lowest BCUT2D eigenvalue weighted by Crippen LogP contribution is -2.24.